The van der Waals surface area contributed by atoms with Gasteiger partial charge in [-0.25, -0.2) is 0 Å². The Labute approximate surface area is 174 Å². The number of nitrogens with zero attached hydrogens (tertiary/aromatic N) is 1. The summed E-state index contributed by atoms with van der Waals surface area (Å²) in [5, 5.41) is 4.06. The van der Waals surface area contributed by atoms with Crippen LogP contribution in [0, 0.1) is 3.57 Å². The fourth-order valence-electron chi connectivity index (χ4n) is 2.57. The van der Waals surface area contributed by atoms with Crippen LogP contribution in [0.4, 0.5) is 0 Å². The summed E-state index contributed by atoms with van der Waals surface area (Å²) in [5.74, 6) is 1.16. The van der Waals surface area contributed by atoms with Gasteiger partial charge in [0.15, 0.2) is 11.5 Å². The Kier molecular flexibility index (Phi) is 6.55. The average Bonchev–Trinajstić information content (AvgIpc) is 3.34. The average molecular weight is 499 g/mol. The van der Waals surface area contributed by atoms with E-state index in [1.54, 1.807) is 43.0 Å². The summed E-state index contributed by atoms with van der Waals surface area (Å²) in [5.41, 5.74) is 0.622. The predicted molar refractivity (Wildman–Crippen MR) is 114 cm³/mol. The number of hydrogen-bond donors (Lipinski definition) is 0. The quantitative estimate of drug-likeness (QED) is 0.416. The van der Waals surface area contributed by atoms with Crippen molar-refractivity contribution < 1.29 is 14.3 Å². The van der Waals surface area contributed by atoms with Crippen molar-refractivity contribution in [3.05, 3.63) is 66.0 Å². The van der Waals surface area contributed by atoms with Crippen molar-refractivity contribution in [3.8, 4) is 11.5 Å². The highest BCUT2D eigenvalue weighted by atomic mass is 127. The van der Waals surface area contributed by atoms with E-state index in [2.05, 4.69) is 34.7 Å². The summed E-state index contributed by atoms with van der Waals surface area (Å²) in [6, 6.07) is 11.7. The summed E-state index contributed by atoms with van der Waals surface area (Å²) in [7, 11) is 3.17. The second-order valence-electron chi connectivity index (χ2n) is 5.51. The van der Waals surface area contributed by atoms with Gasteiger partial charge < -0.3 is 14.4 Å². The van der Waals surface area contributed by atoms with Crippen LogP contribution in [0.15, 0.2) is 47.2 Å². The highest BCUT2D eigenvalue weighted by Gasteiger charge is 2.22. The van der Waals surface area contributed by atoms with Gasteiger partial charge in [0.1, 0.15) is 0 Å². The lowest BCUT2D eigenvalue weighted by molar-refractivity contribution is 0.0732. The van der Waals surface area contributed by atoms with Gasteiger partial charge in [-0.1, -0.05) is 12.1 Å². The number of thiophene rings is 2. The number of carbonyl (C=O) groups is 1. The summed E-state index contributed by atoms with van der Waals surface area (Å²) < 4.78 is 11.6. The Morgan fingerprint density at radius 2 is 1.54 bits per heavy atom. The first-order valence-electron chi connectivity index (χ1n) is 7.88. The maximum absolute atomic E-state index is 13.3. The smallest absolute Gasteiger partial charge is 0.255 e. The zero-order chi connectivity index (χ0) is 18.5. The molecule has 0 aliphatic heterocycles. The number of ether oxygens (including phenoxy) is 2. The Balaban J connectivity index is 1.93. The van der Waals surface area contributed by atoms with Crippen molar-refractivity contribution in [1.29, 1.82) is 0 Å². The molecule has 2 heterocycles. The van der Waals surface area contributed by atoms with Crippen LogP contribution in [0.1, 0.15) is 20.1 Å². The molecule has 0 aliphatic carbocycles. The van der Waals surface area contributed by atoms with Crippen LogP contribution in [0.3, 0.4) is 0 Å². The standard InChI is InChI=1S/C19H18INO3S2/c1-23-17-9-15(16(20)10-18(17)24-2)19(22)21(11-13-5-3-7-25-13)12-14-6-4-8-26-14/h3-10H,11-12H2,1-2H3. The van der Waals surface area contributed by atoms with Gasteiger partial charge >= 0.3 is 0 Å². The first-order valence-corrected chi connectivity index (χ1v) is 10.7. The number of carbonyl (C=O) groups excluding carboxylic acids is 1. The molecule has 0 spiro atoms. The van der Waals surface area contributed by atoms with Crippen LogP contribution < -0.4 is 9.47 Å². The topological polar surface area (TPSA) is 38.8 Å². The lowest BCUT2D eigenvalue weighted by Gasteiger charge is -2.23. The van der Waals surface area contributed by atoms with Crippen LogP contribution in [0.2, 0.25) is 0 Å². The molecule has 0 atom stereocenters. The van der Waals surface area contributed by atoms with Crippen molar-refractivity contribution in [2.75, 3.05) is 14.2 Å². The number of methoxy groups -OCH3 is 2. The van der Waals surface area contributed by atoms with Crippen molar-refractivity contribution >= 4 is 51.2 Å². The Bertz CT molecular complexity index is 827. The molecule has 26 heavy (non-hydrogen) atoms. The monoisotopic (exact) mass is 499 g/mol. The van der Waals surface area contributed by atoms with E-state index in [0.29, 0.717) is 30.2 Å². The minimum atomic E-state index is -0.0165. The van der Waals surface area contributed by atoms with E-state index in [1.807, 2.05) is 33.9 Å². The van der Waals surface area contributed by atoms with E-state index in [-0.39, 0.29) is 5.91 Å². The van der Waals surface area contributed by atoms with Crippen LogP contribution in [-0.4, -0.2) is 25.0 Å². The van der Waals surface area contributed by atoms with Gasteiger partial charge in [-0.2, -0.15) is 0 Å². The van der Waals surface area contributed by atoms with Crippen LogP contribution >= 0.6 is 45.3 Å². The van der Waals surface area contributed by atoms with Crippen LogP contribution in [-0.2, 0) is 13.1 Å². The van der Waals surface area contributed by atoms with Crippen LogP contribution in [0.25, 0.3) is 0 Å². The third kappa shape index (κ3) is 4.39. The molecule has 0 bridgehead atoms. The third-order valence-electron chi connectivity index (χ3n) is 3.84. The molecular formula is C19H18INO3S2. The summed E-state index contributed by atoms with van der Waals surface area (Å²) in [6.07, 6.45) is 0. The lowest BCUT2D eigenvalue weighted by atomic mass is 10.1. The van der Waals surface area contributed by atoms with E-state index in [4.69, 9.17) is 9.47 Å². The summed E-state index contributed by atoms with van der Waals surface area (Å²) in [4.78, 5) is 17.5. The zero-order valence-corrected chi connectivity index (χ0v) is 18.2. The number of benzene rings is 1. The Hall–Kier alpha value is -1.58. The van der Waals surface area contributed by atoms with E-state index >= 15 is 0 Å². The molecule has 4 nitrogen and oxygen atoms in total. The van der Waals surface area contributed by atoms with Gasteiger partial charge in [0.2, 0.25) is 0 Å². The normalized spacial score (nSPS) is 10.6. The molecule has 1 amide bonds. The van der Waals surface area contributed by atoms with E-state index < -0.39 is 0 Å². The molecule has 0 aliphatic rings. The number of halogens is 1. The lowest BCUT2D eigenvalue weighted by Crippen LogP contribution is -2.30. The Morgan fingerprint density at radius 1 is 1.00 bits per heavy atom. The van der Waals surface area contributed by atoms with Gasteiger partial charge in [0.05, 0.1) is 32.9 Å². The third-order valence-corrected chi connectivity index (χ3v) is 6.46. The second-order valence-corrected chi connectivity index (χ2v) is 8.73. The minimum Gasteiger partial charge on any atom is -0.493 e. The molecule has 3 aromatic rings. The number of hydrogen-bond acceptors (Lipinski definition) is 5. The predicted octanol–water partition coefficient (Wildman–Crippen LogP) is 5.27. The summed E-state index contributed by atoms with van der Waals surface area (Å²) >= 11 is 5.49. The molecular weight excluding hydrogens is 481 g/mol. The molecule has 3 rings (SSSR count). The maximum Gasteiger partial charge on any atom is 0.255 e. The molecule has 2 aromatic heterocycles. The van der Waals surface area contributed by atoms with Crippen molar-refractivity contribution in [1.82, 2.24) is 4.90 Å². The van der Waals surface area contributed by atoms with Crippen molar-refractivity contribution in [2.24, 2.45) is 0 Å². The fraction of sp³-hybridized carbons (Fsp3) is 0.211. The van der Waals surface area contributed by atoms with E-state index in [1.165, 1.54) is 0 Å². The van der Waals surface area contributed by atoms with Crippen LogP contribution in [0.5, 0.6) is 11.5 Å². The van der Waals surface area contributed by atoms with Crippen molar-refractivity contribution in [3.63, 3.8) is 0 Å². The number of amides is 1. The van der Waals surface area contributed by atoms with Crippen molar-refractivity contribution in [2.45, 2.75) is 13.1 Å². The SMILES string of the molecule is COc1cc(I)c(C(=O)N(Cc2cccs2)Cc2cccs2)cc1OC. The van der Waals surface area contributed by atoms with Gasteiger partial charge in [0.25, 0.3) is 5.91 Å². The Morgan fingerprint density at radius 3 is 2.00 bits per heavy atom. The van der Waals surface area contributed by atoms with Gasteiger partial charge in [0, 0.05) is 13.3 Å². The second kappa shape index (κ2) is 8.88. The molecule has 136 valence electrons. The molecule has 1 aromatic carbocycles. The molecule has 0 saturated carbocycles. The van der Waals surface area contributed by atoms with Gasteiger partial charge in [-0.3, -0.25) is 4.79 Å². The molecule has 0 saturated heterocycles. The van der Waals surface area contributed by atoms with E-state index in [9.17, 15) is 4.79 Å². The van der Waals surface area contributed by atoms with Gasteiger partial charge in [-0.05, 0) is 57.6 Å². The molecule has 0 fully saturated rings. The largest absolute Gasteiger partial charge is 0.493 e. The highest BCUT2D eigenvalue weighted by molar-refractivity contribution is 14.1. The summed E-state index contributed by atoms with van der Waals surface area (Å²) in [6.45, 7) is 1.16. The molecule has 0 radical (unpaired) electrons. The highest BCUT2D eigenvalue weighted by Crippen LogP contribution is 2.32. The molecule has 0 N–H and O–H groups in total. The fourth-order valence-corrected chi connectivity index (χ4v) is 4.68. The molecule has 7 heteroatoms. The number of rotatable bonds is 7. The first kappa shape index (κ1) is 19.2. The minimum absolute atomic E-state index is 0.0165. The molecule has 0 unspecified atom stereocenters. The van der Waals surface area contributed by atoms with E-state index in [0.717, 1.165) is 13.3 Å². The maximum atomic E-state index is 13.3. The first-order chi connectivity index (χ1) is 12.6. The zero-order valence-electron chi connectivity index (χ0n) is 14.4. The van der Waals surface area contributed by atoms with Gasteiger partial charge in [-0.15, -0.1) is 22.7 Å².